The number of primary amides is 1. The maximum Gasteiger partial charge on any atom is 0.408 e. The lowest BCUT2D eigenvalue weighted by Crippen LogP contribution is -2.47. The van der Waals surface area contributed by atoms with Crippen molar-refractivity contribution in [3.63, 3.8) is 0 Å². The second-order valence-electron chi connectivity index (χ2n) is 10.2. The van der Waals surface area contributed by atoms with Gasteiger partial charge >= 0.3 is 12.2 Å². The van der Waals surface area contributed by atoms with Crippen LogP contribution in [0.3, 0.4) is 0 Å². The Morgan fingerprint density at radius 2 is 1.47 bits per heavy atom. The average molecular weight is 520 g/mol. The van der Waals surface area contributed by atoms with Gasteiger partial charge in [0.1, 0.15) is 18.2 Å². The molecule has 0 saturated heterocycles. The number of rotatable bonds is 11. The van der Waals surface area contributed by atoms with Crippen molar-refractivity contribution in [2.75, 3.05) is 6.54 Å². The van der Waals surface area contributed by atoms with Crippen LogP contribution in [0, 0.1) is 0 Å². The molecule has 202 valence electrons. The monoisotopic (exact) mass is 519 g/mol. The normalized spacial score (nSPS) is 12.0. The van der Waals surface area contributed by atoms with Gasteiger partial charge in [0, 0.05) is 13.0 Å². The Labute approximate surface area is 223 Å². The van der Waals surface area contributed by atoms with E-state index in [0.29, 0.717) is 6.54 Å². The predicted molar refractivity (Wildman–Crippen MR) is 148 cm³/mol. The summed E-state index contributed by atoms with van der Waals surface area (Å²) in [5, 5.41) is 7.48. The summed E-state index contributed by atoms with van der Waals surface area (Å²) < 4.78 is 10.5. The number of fused-ring (bicyclic) bond motifs is 1. The molecule has 8 heteroatoms. The Balaban J connectivity index is 1.54. The van der Waals surface area contributed by atoms with Gasteiger partial charge in [-0.15, -0.1) is 0 Å². The number of amides is 3. The first-order valence-corrected chi connectivity index (χ1v) is 12.9. The first-order valence-electron chi connectivity index (χ1n) is 12.9. The highest BCUT2D eigenvalue weighted by Gasteiger charge is 2.23. The van der Waals surface area contributed by atoms with Crippen molar-refractivity contribution >= 4 is 28.9 Å². The van der Waals surface area contributed by atoms with Crippen molar-refractivity contribution < 1.29 is 23.9 Å². The molecule has 0 aliphatic heterocycles. The van der Waals surface area contributed by atoms with Gasteiger partial charge in [-0.2, -0.15) is 0 Å². The zero-order chi connectivity index (χ0) is 27.5. The molecule has 0 aliphatic rings. The molecule has 0 saturated carbocycles. The number of aryl methyl sites for hydroxylation is 1. The van der Waals surface area contributed by atoms with Gasteiger partial charge in [0.05, 0.1) is 0 Å². The third kappa shape index (κ3) is 9.10. The standard InChI is InChI=1S/C30H37N3O5/c1-30(2,3)38-29(36)33-26(27(31)34)19-23-17-16-22(24-14-7-8-15-25(23)24)13-9-10-18-32-28(35)37-20-21-11-5-4-6-12-21/h4-8,11-12,14-17,26H,9-10,13,18-20H2,1-3H3,(H2,31,34)(H,32,35)(H,33,36)/t26-/m0/s1. The summed E-state index contributed by atoms with van der Waals surface area (Å²) in [5.41, 5.74) is 7.93. The van der Waals surface area contributed by atoms with Gasteiger partial charge in [0.15, 0.2) is 0 Å². The van der Waals surface area contributed by atoms with Crippen molar-refractivity contribution in [1.29, 1.82) is 0 Å². The SMILES string of the molecule is CC(C)(C)OC(=O)N[C@@H](Cc1ccc(CCCCNC(=O)OCc2ccccc2)c2ccccc12)C(N)=O. The molecule has 3 aromatic carbocycles. The van der Waals surface area contributed by atoms with Gasteiger partial charge in [-0.25, -0.2) is 9.59 Å². The minimum atomic E-state index is -0.896. The minimum absolute atomic E-state index is 0.245. The van der Waals surface area contributed by atoms with E-state index in [-0.39, 0.29) is 13.0 Å². The molecule has 0 aromatic heterocycles. The molecule has 3 aromatic rings. The van der Waals surface area contributed by atoms with E-state index in [1.165, 1.54) is 5.56 Å². The molecule has 8 nitrogen and oxygen atoms in total. The van der Waals surface area contributed by atoms with Crippen LogP contribution >= 0.6 is 0 Å². The van der Waals surface area contributed by atoms with E-state index in [4.69, 9.17) is 15.2 Å². The van der Waals surface area contributed by atoms with Crippen LogP contribution in [0.1, 0.15) is 50.3 Å². The van der Waals surface area contributed by atoms with Gasteiger partial charge in [0.2, 0.25) is 5.91 Å². The van der Waals surface area contributed by atoms with Gasteiger partial charge in [-0.1, -0.05) is 66.7 Å². The number of alkyl carbamates (subject to hydrolysis) is 2. The summed E-state index contributed by atoms with van der Waals surface area (Å²) in [5.74, 6) is -0.626. The fraction of sp³-hybridized carbons (Fsp3) is 0.367. The van der Waals surface area contributed by atoms with Gasteiger partial charge in [-0.3, -0.25) is 4.79 Å². The minimum Gasteiger partial charge on any atom is -0.445 e. The Kier molecular flexibility index (Phi) is 10.1. The smallest absolute Gasteiger partial charge is 0.408 e. The first-order chi connectivity index (χ1) is 18.1. The molecule has 3 amide bonds. The fourth-order valence-electron chi connectivity index (χ4n) is 4.12. The van der Waals surface area contributed by atoms with Crippen LogP contribution in [0.25, 0.3) is 10.8 Å². The van der Waals surface area contributed by atoms with Gasteiger partial charge in [-0.05, 0) is 67.5 Å². The van der Waals surface area contributed by atoms with Crippen molar-refractivity contribution in [2.45, 2.75) is 64.7 Å². The van der Waals surface area contributed by atoms with E-state index >= 15 is 0 Å². The number of nitrogens with two attached hydrogens (primary N) is 1. The lowest BCUT2D eigenvalue weighted by molar-refractivity contribution is -0.120. The predicted octanol–water partition coefficient (Wildman–Crippen LogP) is 5.01. The van der Waals surface area contributed by atoms with Gasteiger partial charge in [0.25, 0.3) is 0 Å². The van der Waals surface area contributed by atoms with Crippen LogP contribution in [0.15, 0.2) is 66.7 Å². The first kappa shape index (κ1) is 28.5. The van der Waals surface area contributed by atoms with E-state index in [0.717, 1.165) is 41.2 Å². The quantitative estimate of drug-likeness (QED) is 0.308. The van der Waals surface area contributed by atoms with E-state index in [9.17, 15) is 14.4 Å². The number of ether oxygens (including phenoxy) is 2. The molecule has 38 heavy (non-hydrogen) atoms. The summed E-state index contributed by atoms with van der Waals surface area (Å²) >= 11 is 0. The van der Waals surface area contributed by atoms with Crippen molar-refractivity contribution in [3.05, 3.63) is 83.4 Å². The third-order valence-corrected chi connectivity index (χ3v) is 5.92. The average Bonchev–Trinajstić information content (AvgIpc) is 2.87. The molecule has 0 radical (unpaired) electrons. The Morgan fingerprint density at radius 1 is 0.842 bits per heavy atom. The summed E-state index contributed by atoms with van der Waals surface area (Å²) in [6.07, 6.45) is 1.67. The molecule has 3 rings (SSSR count). The molecule has 1 atom stereocenters. The molecule has 4 N–H and O–H groups in total. The highest BCUT2D eigenvalue weighted by Crippen LogP contribution is 2.25. The van der Waals surface area contributed by atoms with E-state index in [2.05, 4.69) is 10.6 Å². The topological polar surface area (TPSA) is 120 Å². The number of carbonyl (C=O) groups excluding carboxylic acids is 3. The molecular weight excluding hydrogens is 482 g/mol. The van der Waals surface area contributed by atoms with Crippen LogP contribution < -0.4 is 16.4 Å². The molecule has 0 unspecified atom stereocenters. The highest BCUT2D eigenvalue weighted by atomic mass is 16.6. The zero-order valence-electron chi connectivity index (χ0n) is 22.3. The zero-order valence-corrected chi connectivity index (χ0v) is 22.3. The van der Waals surface area contributed by atoms with Crippen molar-refractivity contribution in [2.24, 2.45) is 5.73 Å². The number of hydrogen-bond donors (Lipinski definition) is 3. The van der Waals surface area contributed by atoms with Crippen LogP contribution in [0.5, 0.6) is 0 Å². The highest BCUT2D eigenvalue weighted by molar-refractivity contribution is 5.90. The Morgan fingerprint density at radius 3 is 2.13 bits per heavy atom. The van der Waals surface area contributed by atoms with Crippen molar-refractivity contribution in [3.8, 4) is 0 Å². The summed E-state index contributed by atoms with van der Waals surface area (Å²) in [6.45, 7) is 6.04. The third-order valence-electron chi connectivity index (χ3n) is 5.92. The molecule has 0 heterocycles. The number of nitrogens with one attached hydrogen (secondary N) is 2. The molecule has 0 bridgehead atoms. The largest absolute Gasteiger partial charge is 0.445 e. The number of benzene rings is 3. The summed E-state index contributed by atoms with van der Waals surface area (Å²) in [4.78, 5) is 36.2. The van der Waals surface area contributed by atoms with Crippen LogP contribution in [0.4, 0.5) is 9.59 Å². The van der Waals surface area contributed by atoms with Crippen LogP contribution in [0.2, 0.25) is 0 Å². The lowest BCUT2D eigenvalue weighted by Gasteiger charge is -2.23. The molecule has 0 aliphatic carbocycles. The van der Waals surface area contributed by atoms with E-state index < -0.39 is 29.7 Å². The van der Waals surface area contributed by atoms with Crippen molar-refractivity contribution in [1.82, 2.24) is 10.6 Å². The summed E-state index contributed by atoms with van der Waals surface area (Å²) in [7, 11) is 0. The fourth-order valence-corrected chi connectivity index (χ4v) is 4.12. The summed E-state index contributed by atoms with van der Waals surface area (Å²) in [6, 6.07) is 20.7. The molecule has 0 spiro atoms. The van der Waals surface area contributed by atoms with E-state index in [1.54, 1.807) is 20.8 Å². The Bertz CT molecular complexity index is 1240. The lowest BCUT2D eigenvalue weighted by atomic mass is 9.93. The maximum atomic E-state index is 12.2. The second kappa shape index (κ2) is 13.5. The van der Waals surface area contributed by atoms with Gasteiger partial charge < -0.3 is 25.8 Å². The number of hydrogen-bond acceptors (Lipinski definition) is 5. The second-order valence-corrected chi connectivity index (χ2v) is 10.2. The maximum absolute atomic E-state index is 12.2. The van der Waals surface area contributed by atoms with Crippen LogP contribution in [-0.4, -0.2) is 36.3 Å². The van der Waals surface area contributed by atoms with E-state index in [1.807, 2.05) is 66.7 Å². The molecular formula is C30H37N3O5. The molecule has 0 fully saturated rings. The number of carbonyl (C=O) groups is 3. The Hall–Kier alpha value is -4.07. The number of unbranched alkanes of at least 4 members (excludes halogenated alkanes) is 1. The van der Waals surface area contributed by atoms with Crippen LogP contribution in [-0.2, 0) is 33.7 Å².